The maximum absolute atomic E-state index is 12.2. The van der Waals surface area contributed by atoms with Crippen LogP contribution in [0.15, 0.2) is 23.1 Å². The molecule has 114 valence electrons. The Labute approximate surface area is 128 Å². The molecule has 0 fully saturated rings. The summed E-state index contributed by atoms with van der Waals surface area (Å²) >= 11 is 5.94. The summed E-state index contributed by atoms with van der Waals surface area (Å²) in [5.74, 6) is 4.22. The van der Waals surface area contributed by atoms with Crippen molar-refractivity contribution >= 4 is 27.5 Å². The van der Waals surface area contributed by atoms with Crippen LogP contribution in [0.4, 0.5) is 0 Å². The Balaban J connectivity index is 3.19. The summed E-state index contributed by atoms with van der Waals surface area (Å²) in [5, 5.41) is 8.56. The molecule has 0 aliphatic rings. The lowest BCUT2D eigenvalue weighted by Gasteiger charge is -2.22. The summed E-state index contributed by atoms with van der Waals surface area (Å²) in [6.45, 7) is 2.38. The topological polar surface area (TPSA) is 109 Å². The fourth-order valence-electron chi connectivity index (χ4n) is 1.38. The number of nitrogens with two attached hydrogens (primary N) is 1. The highest BCUT2D eigenvalue weighted by Crippen LogP contribution is 2.23. The van der Waals surface area contributed by atoms with E-state index in [1.54, 1.807) is 0 Å². The van der Waals surface area contributed by atoms with E-state index < -0.39 is 21.5 Å². The number of benzene rings is 1. The summed E-state index contributed by atoms with van der Waals surface area (Å²) in [5.41, 5.74) is 4.15. The molecule has 0 heterocycles. The smallest absolute Gasteiger partial charge is 0.243 e. The number of aliphatic hydroxyl groups excluding tert-OH is 1. The molecule has 0 atom stereocenters. The van der Waals surface area contributed by atoms with E-state index in [0.29, 0.717) is 5.56 Å². The summed E-state index contributed by atoms with van der Waals surface area (Å²) < 4.78 is 26.6. The summed E-state index contributed by atoms with van der Waals surface area (Å²) in [7, 11) is -4.01. The molecule has 0 aliphatic carbocycles. The predicted molar refractivity (Wildman–Crippen MR) is 79.0 cm³/mol. The van der Waals surface area contributed by atoms with Crippen LogP contribution < -0.4 is 10.5 Å². The average Bonchev–Trinajstić information content (AvgIpc) is 2.34. The molecule has 8 heteroatoms. The zero-order chi connectivity index (χ0) is 16.3. The third-order valence-electron chi connectivity index (χ3n) is 2.54. The van der Waals surface area contributed by atoms with Gasteiger partial charge in [0.1, 0.15) is 17.0 Å². The average molecular weight is 331 g/mol. The molecule has 21 heavy (non-hydrogen) atoms. The van der Waals surface area contributed by atoms with Crippen LogP contribution in [0, 0.1) is 11.8 Å². The van der Waals surface area contributed by atoms with Crippen molar-refractivity contribution in [3.05, 3.63) is 28.8 Å². The van der Waals surface area contributed by atoms with Gasteiger partial charge < -0.3 is 10.8 Å². The standard InChI is InChI=1S/C13H15ClN2O4S/c1-13(2,12(15)18)16-21(19,20)11-6-5-9(4-3-7-17)8-10(11)14/h5-6,8,16-17H,7H2,1-2H3,(H2,15,18). The third-order valence-corrected chi connectivity index (χ3v) is 4.68. The molecular formula is C13H15ClN2O4S. The van der Waals surface area contributed by atoms with Gasteiger partial charge >= 0.3 is 0 Å². The van der Waals surface area contributed by atoms with Crippen LogP contribution in [0.2, 0.25) is 5.02 Å². The van der Waals surface area contributed by atoms with E-state index in [2.05, 4.69) is 16.6 Å². The first-order chi connectivity index (χ1) is 9.60. The van der Waals surface area contributed by atoms with Crippen molar-refractivity contribution in [3.8, 4) is 11.8 Å². The van der Waals surface area contributed by atoms with Crippen molar-refractivity contribution in [2.24, 2.45) is 5.73 Å². The molecule has 0 unspecified atom stereocenters. The van der Waals surface area contributed by atoms with E-state index in [1.165, 1.54) is 32.0 Å². The molecule has 4 N–H and O–H groups in total. The number of sulfonamides is 1. The lowest BCUT2D eigenvalue weighted by atomic mass is 10.1. The number of aliphatic hydroxyl groups is 1. The predicted octanol–water partition coefficient (Wildman–Crippen LogP) is 0.226. The van der Waals surface area contributed by atoms with Crippen LogP contribution in [0.25, 0.3) is 0 Å². The van der Waals surface area contributed by atoms with Crippen LogP contribution in [-0.4, -0.2) is 31.6 Å². The molecule has 0 bridgehead atoms. The van der Waals surface area contributed by atoms with Gasteiger partial charge in [-0.15, -0.1) is 0 Å². The Morgan fingerprint density at radius 3 is 2.57 bits per heavy atom. The molecule has 1 aromatic rings. The molecule has 0 saturated carbocycles. The summed E-state index contributed by atoms with van der Waals surface area (Å²) in [6.07, 6.45) is 0. The van der Waals surface area contributed by atoms with Gasteiger partial charge in [0.2, 0.25) is 15.9 Å². The number of carbonyl (C=O) groups excluding carboxylic acids is 1. The van der Waals surface area contributed by atoms with Crippen LogP contribution in [0.3, 0.4) is 0 Å². The molecular weight excluding hydrogens is 316 g/mol. The lowest BCUT2D eigenvalue weighted by Crippen LogP contribution is -2.52. The normalized spacial score (nSPS) is 11.6. The first-order valence-electron chi connectivity index (χ1n) is 5.83. The second kappa shape index (κ2) is 6.45. The number of hydrogen-bond donors (Lipinski definition) is 3. The Morgan fingerprint density at radius 2 is 2.10 bits per heavy atom. The SMILES string of the molecule is CC(C)(NS(=O)(=O)c1ccc(C#CCO)cc1Cl)C(N)=O. The van der Waals surface area contributed by atoms with E-state index in [-0.39, 0.29) is 16.5 Å². The Kier molecular flexibility index (Phi) is 5.36. The molecule has 1 rings (SSSR count). The van der Waals surface area contributed by atoms with Crippen LogP contribution in [0.5, 0.6) is 0 Å². The summed E-state index contributed by atoms with van der Waals surface area (Å²) in [6, 6.07) is 4.07. The minimum atomic E-state index is -4.01. The van der Waals surface area contributed by atoms with Crippen molar-refractivity contribution in [2.75, 3.05) is 6.61 Å². The fraction of sp³-hybridized carbons (Fsp3) is 0.308. The number of carbonyl (C=O) groups is 1. The highest BCUT2D eigenvalue weighted by atomic mass is 35.5. The molecule has 0 aliphatic heterocycles. The van der Waals surface area contributed by atoms with Gasteiger partial charge in [-0.25, -0.2) is 8.42 Å². The number of hydrogen-bond acceptors (Lipinski definition) is 4. The highest BCUT2D eigenvalue weighted by Gasteiger charge is 2.32. The fourth-order valence-corrected chi connectivity index (χ4v) is 3.31. The second-order valence-corrected chi connectivity index (χ2v) is 6.76. The van der Waals surface area contributed by atoms with Gasteiger partial charge in [0.15, 0.2) is 0 Å². The van der Waals surface area contributed by atoms with Gasteiger partial charge in [0, 0.05) is 5.56 Å². The lowest BCUT2D eigenvalue weighted by molar-refractivity contribution is -0.122. The van der Waals surface area contributed by atoms with Gasteiger partial charge in [-0.2, -0.15) is 4.72 Å². The monoisotopic (exact) mass is 330 g/mol. The second-order valence-electron chi connectivity index (χ2n) is 4.70. The van der Waals surface area contributed by atoms with E-state index in [9.17, 15) is 13.2 Å². The molecule has 1 amide bonds. The molecule has 1 aromatic carbocycles. The van der Waals surface area contributed by atoms with E-state index in [1.807, 2.05) is 0 Å². The summed E-state index contributed by atoms with van der Waals surface area (Å²) in [4.78, 5) is 11.0. The maximum Gasteiger partial charge on any atom is 0.243 e. The largest absolute Gasteiger partial charge is 0.384 e. The minimum Gasteiger partial charge on any atom is -0.384 e. The van der Waals surface area contributed by atoms with Gasteiger partial charge in [-0.1, -0.05) is 23.4 Å². The van der Waals surface area contributed by atoms with Crippen LogP contribution >= 0.6 is 11.6 Å². The van der Waals surface area contributed by atoms with Gasteiger partial charge in [0.25, 0.3) is 0 Å². The van der Waals surface area contributed by atoms with Crippen molar-refractivity contribution < 1.29 is 18.3 Å². The first-order valence-corrected chi connectivity index (χ1v) is 7.69. The van der Waals surface area contributed by atoms with Crippen LogP contribution in [0.1, 0.15) is 19.4 Å². The zero-order valence-corrected chi connectivity index (χ0v) is 13.0. The third kappa shape index (κ3) is 4.44. The van der Waals surface area contributed by atoms with Crippen molar-refractivity contribution in [2.45, 2.75) is 24.3 Å². The molecule has 6 nitrogen and oxygen atoms in total. The number of rotatable bonds is 4. The molecule has 0 spiro atoms. The van der Waals surface area contributed by atoms with Gasteiger partial charge in [0.05, 0.1) is 5.02 Å². The van der Waals surface area contributed by atoms with Crippen LogP contribution in [-0.2, 0) is 14.8 Å². The molecule has 0 aromatic heterocycles. The number of nitrogens with one attached hydrogen (secondary N) is 1. The van der Waals surface area contributed by atoms with E-state index >= 15 is 0 Å². The van der Waals surface area contributed by atoms with E-state index in [0.717, 1.165) is 0 Å². The molecule has 0 radical (unpaired) electrons. The van der Waals surface area contributed by atoms with Gasteiger partial charge in [-0.05, 0) is 32.0 Å². The van der Waals surface area contributed by atoms with Gasteiger partial charge in [-0.3, -0.25) is 4.79 Å². The number of primary amides is 1. The van der Waals surface area contributed by atoms with Crippen molar-refractivity contribution in [3.63, 3.8) is 0 Å². The first kappa shape index (κ1) is 17.5. The highest BCUT2D eigenvalue weighted by molar-refractivity contribution is 7.89. The number of halogens is 1. The number of amides is 1. The molecule has 0 saturated heterocycles. The van der Waals surface area contributed by atoms with Crippen molar-refractivity contribution in [1.82, 2.24) is 4.72 Å². The quantitative estimate of drug-likeness (QED) is 0.686. The van der Waals surface area contributed by atoms with Crippen molar-refractivity contribution in [1.29, 1.82) is 0 Å². The Hall–Kier alpha value is -1.59. The Morgan fingerprint density at radius 1 is 1.48 bits per heavy atom. The minimum absolute atomic E-state index is 0.0486. The zero-order valence-electron chi connectivity index (χ0n) is 11.5. The Bertz CT molecular complexity index is 717. The van der Waals surface area contributed by atoms with E-state index in [4.69, 9.17) is 22.4 Å². The maximum atomic E-state index is 12.2.